The molecule has 1 spiro atoms. The molecule has 2 fully saturated rings. The number of anilines is 1. The predicted octanol–water partition coefficient (Wildman–Crippen LogP) is 3.44. The van der Waals surface area contributed by atoms with E-state index in [0.29, 0.717) is 30.0 Å². The molecule has 2 saturated heterocycles. The topological polar surface area (TPSA) is 121 Å². The van der Waals surface area contributed by atoms with Gasteiger partial charge >= 0.3 is 0 Å². The second kappa shape index (κ2) is 13.0. The first-order valence-electron chi connectivity index (χ1n) is 15.2. The number of para-hydroxylation sites is 2. The Balaban J connectivity index is 1.15. The summed E-state index contributed by atoms with van der Waals surface area (Å²) in [6.45, 7) is 0.836. The van der Waals surface area contributed by atoms with Crippen LogP contribution in [0.5, 0.6) is 11.5 Å². The van der Waals surface area contributed by atoms with Crippen molar-refractivity contribution in [2.24, 2.45) is 0 Å². The highest BCUT2D eigenvalue weighted by Crippen LogP contribution is 2.40. The van der Waals surface area contributed by atoms with E-state index >= 15 is 0 Å². The number of pyridine rings is 1. The van der Waals surface area contributed by atoms with Crippen LogP contribution in [0.2, 0.25) is 0 Å². The molecular weight excluding hydrogens is 606 g/mol. The zero-order valence-corrected chi connectivity index (χ0v) is 26.7. The van der Waals surface area contributed by atoms with Crippen molar-refractivity contribution in [3.63, 3.8) is 0 Å². The third-order valence-electron chi connectivity index (χ3n) is 8.86. The van der Waals surface area contributed by atoms with Crippen molar-refractivity contribution in [1.29, 1.82) is 0 Å². The molecule has 0 saturated carbocycles. The average molecular weight is 644 g/mol. The molecule has 4 aromatic rings. The lowest BCUT2D eigenvalue weighted by atomic mass is 9.86. The number of hydrogen-bond donors (Lipinski definition) is 1. The number of rotatable bonds is 10. The maximum Gasteiger partial charge on any atom is 0.250 e. The first-order valence-corrected chi connectivity index (χ1v) is 16.6. The molecule has 2 aliphatic rings. The van der Waals surface area contributed by atoms with Gasteiger partial charge in [0.2, 0.25) is 21.8 Å². The molecule has 1 N–H and O–H groups in total. The van der Waals surface area contributed by atoms with E-state index in [2.05, 4.69) is 10.3 Å². The number of piperidine rings is 1. The number of nitrogens with one attached hydrogen (secondary N) is 1. The molecule has 12 heteroatoms. The van der Waals surface area contributed by atoms with Gasteiger partial charge in [0.15, 0.2) is 11.5 Å². The minimum Gasteiger partial charge on any atom is -0.493 e. The molecule has 2 aliphatic heterocycles. The summed E-state index contributed by atoms with van der Waals surface area (Å²) in [5.74, 6) is 0.819. The van der Waals surface area contributed by atoms with Gasteiger partial charge in [0.25, 0.3) is 0 Å². The highest BCUT2D eigenvalue weighted by Gasteiger charge is 2.55. The molecule has 3 heterocycles. The Hall–Kier alpha value is -4.68. The Morgan fingerprint density at radius 3 is 2.41 bits per heavy atom. The van der Waals surface area contributed by atoms with E-state index in [1.165, 1.54) is 4.31 Å². The number of carbonyl (C=O) groups excluding carboxylic acids is 2. The van der Waals surface area contributed by atoms with Crippen LogP contribution in [0.15, 0.2) is 90.0 Å². The number of carbonyl (C=O) groups is 2. The van der Waals surface area contributed by atoms with Crippen molar-refractivity contribution in [1.82, 2.24) is 19.5 Å². The molecule has 2 amide bonds. The van der Waals surface area contributed by atoms with Crippen LogP contribution < -0.4 is 19.7 Å². The Kier molecular flexibility index (Phi) is 8.83. The minimum absolute atomic E-state index is 0.0977. The van der Waals surface area contributed by atoms with Crippen LogP contribution in [-0.2, 0) is 26.0 Å². The third kappa shape index (κ3) is 5.85. The Morgan fingerprint density at radius 2 is 1.67 bits per heavy atom. The van der Waals surface area contributed by atoms with Crippen molar-refractivity contribution in [2.75, 3.05) is 52.0 Å². The SMILES string of the molecule is COc1ccc(CCNC(=O)CN2CN(c3ccccc3)C3(CCN(S(=O)(=O)c4cccc5cccnc45)CC3)C2=O)cc1OC. The number of aromatic nitrogens is 1. The number of amides is 2. The van der Waals surface area contributed by atoms with Gasteiger partial charge in [0.1, 0.15) is 17.0 Å². The van der Waals surface area contributed by atoms with Crippen LogP contribution in [0, 0.1) is 0 Å². The predicted molar refractivity (Wildman–Crippen MR) is 174 cm³/mol. The second-order valence-corrected chi connectivity index (χ2v) is 13.4. The zero-order chi connectivity index (χ0) is 32.3. The summed E-state index contributed by atoms with van der Waals surface area (Å²) in [6, 6.07) is 24.0. The maximum atomic E-state index is 14.1. The van der Waals surface area contributed by atoms with E-state index in [-0.39, 0.29) is 55.9 Å². The van der Waals surface area contributed by atoms with Crippen LogP contribution in [-0.4, -0.2) is 87.0 Å². The standard InChI is InChI=1S/C34H37N5O6S/c1-44-28-14-13-25(22-29(28)45-2)15-19-35-31(40)23-37-24-39(27-10-4-3-5-11-27)34(33(37)41)16-20-38(21-17-34)46(42,43)30-12-6-8-26-9-7-18-36-32(26)30/h3-14,18,22H,15-17,19-21,23-24H2,1-2H3,(H,35,40). The minimum atomic E-state index is -3.86. The lowest BCUT2D eigenvalue weighted by Crippen LogP contribution is -2.57. The third-order valence-corrected chi connectivity index (χ3v) is 10.8. The average Bonchev–Trinajstić information content (AvgIpc) is 3.34. The summed E-state index contributed by atoms with van der Waals surface area (Å²) in [6.07, 6.45) is 2.74. The zero-order valence-electron chi connectivity index (χ0n) is 25.9. The van der Waals surface area contributed by atoms with Gasteiger partial charge in [-0.15, -0.1) is 0 Å². The van der Waals surface area contributed by atoms with Crippen molar-refractivity contribution in [3.05, 3.63) is 90.6 Å². The number of sulfonamides is 1. The summed E-state index contributed by atoms with van der Waals surface area (Å²) in [5.41, 5.74) is 1.29. The van der Waals surface area contributed by atoms with E-state index in [4.69, 9.17) is 9.47 Å². The summed E-state index contributed by atoms with van der Waals surface area (Å²) >= 11 is 0. The summed E-state index contributed by atoms with van der Waals surface area (Å²) in [4.78, 5) is 35.3. The lowest BCUT2D eigenvalue weighted by Gasteiger charge is -2.42. The van der Waals surface area contributed by atoms with E-state index in [9.17, 15) is 18.0 Å². The van der Waals surface area contributed by atoms with Crippen LogP contribution >= 0.6 is 0 Å². The highest BCUT2D eigenvalue weighted by molar-refractivity contribution is 7.89. The molecule has 6 rings (SSSR count). The van der Waals surface area contributed by atoms with Crippen molar-refractivity contribution in [2.45, 2.75) is 29.7 Å². The smallest absolute Gasteiger partial charge is 0.250 e. The van der Waals surface area contributed by atoms with Crippen molar-refractivity contribution >= 4 is 38.4 Å². The van der Waals surface area contributed by atoms with Crippen LogP contribution in [0.3, 0.4) is 0 Å². The van der Waals surface area contributed by atoms with Gasteiger partial charge in [-0.1, -0.05) is 42.5 Å². The molecule has 0 bridgehead atoms. The molecule has 1 aromatic heterocycles. The molecule has 11 nitrogen and oxygen atoms in total. The van der Waals surface area contributed by atoms with E-state index in [1.807, 2.05) is 65.6 Å². The summed E-state index contributed by atoms with van der Waals surface area (Å²) in [7, 11) is -0.704. The summed E-state index contributed by atoms with van der Waals surface area (Å²) < 4.78 is 39.8. The van der Waals surface area contributed by atoms with Crippen LogP contribution in [0.25, 0.3) is 10.9 Å². The second-order valence-electron chi connectivity index (χ2n) is 11.5. The number of hydrogen-bond acceptors (Lipinski definition) is 8. The van der Waals surface area contributed by atoms with E-state index < -0.39 is 15.6 Å². The quantitative estimate of drug-likeness (QED) is 0.279. The Morgan fingerprint density at radius 1 is 0.935 bits per heavy atom. The van der Waals surface area contributed by atoms with E-state index in [0.717, 1.165) is 16.6 Å². The number of methoxy groups -OCH3 is 2. The molecular formula is C34H37N5O6S. The molecule has 0 atom stereocenters. The van der Waals surface area contributed by atoms with Gasteiger partial charge in [0, 0.05) is 36.9 Å². The molecule has 0 unspecified atom stereocenters. The van der Waals surface area contributed by atoms with Gasteiger partial charge in [0.05, 0.1) is 26.4 Å². The van der Waals surface area contributed by atoms with Gasteiger partial charge < -0.3 is 24.6 Å². The monoisotopic (exact) mass is 643 g/mol. The van der Waals surface area contributed by atoms with Gasteiger partial charge in [-0.25, -0.2) is 8.42 Å². The fourth-order valence-electron chi connectivity index (χ4n) is 6.45. The van der Waals surface area contributed by atoms with Gasteiger partial charge in [-0.3, -0.25) is 14.6 Å². The first kappa shape index (κ1) is 31.3. The normalized spacial score (nSPS) is 16.6. The van der Waals surface area contributed by atoms with Crippen molar-refractivity contribution in [3.8, 4) is 11.5 Å². The van der Waals surface area contributed by atoms with Gasteiger partial charge in [-0.2, -0.15) is 4.31 Å². The van der Waals surface area contributed by atoms with Gasteiger partial charge in [-0.05, 0) is 61.2 Å². The largest absolute Gasteiger partial charge is 0.493 e. The molecule has 0 radical (unpaired) electrons. The molecule has 46 heavy (non-hydrogen) atoms. The number of fused-ring (bicyclic) bond motifs is 1. The van der Waals surface area contributed by atoms with Crippen LogP contribution in [0.1, 0.15) is 18.4 Å². The summed E-state index contributed by atoms with van der Waals surface area (Å²) in [5, 5.41) is 3.68. The van der Waals surface area contributed by atoms with Crippen molar-refractivity contribution < 1.29 is 27.5 Å². The molecule has 0 aliphatic carbocycles. The number of ether oxygens (including phenoxy) is 2. The number of benzene rings is 3. The highest BCUT2D eigenvalue weighted by atomic mass is 32.2. The Bertz CT molecular complexity index is 1840. The lowest BCUT2D eigenvalue weighted by molar-refractivity contribution is -0.137. The maximum absolute atomic E-state index is 14.1. The number of nitrogens with zero attached hydrogens (tertiary/aromatic N) is 4. The fraction of sp³-hybridized carbons (Fsp3) is 0.324. The molecule has 3 aromatic carbocycles. The Labute approximate surface area is 268 Å². The first-order chi connectivity index (χ1) is 22.3. The fourth-order valence-corrected chi connectivity index (χ4v) is 8.06. The molecule has 240 valence electrons. The van der Waals surface area contributed by atoms with Crippen LogP contribution in [0.4, 0.5) is 5.69 Å². The van der Waals surface area contributed by atoms with E-state index in [1.54, 1.807) is 43.5 Å².